The zero-order valence-corrected chi connectivity index (χ0v) is 9.51. The van der Waals surface area contributed by atoms with Gasteiger partial charge in [-0.05, 0) is 26.2 Å². The Bertz CT molecular complexity index is 202. The van der Waals surface area contributed by atoms with Crippen molar-refractivity contribution in [2.45, 2.75) is 64.6 Å². The van der Waals surface area contributed by atoms with Gasteiger partial charge in [0.1, 0.15) is 0 Å². The Hall–Kier alpha value is -0.520. The average Bonchev–Trinajstić information content (AvgIpc) is 2.17. The molecule has 0 spiro atoms. The van der Waals surface area contributed by atoms with E-state index in [1.807, 2.05) is 13.8 Å². The fourth-order valence-corrected chi connectivity index (χ4v) is 1.68. The largest absolute Gasteiger partial charge is 0.390 e. The lowest BCUT2D eigenvalue weighted by atomic mass is 9.85. The summed E-state index contributed by atoms with van der Waals surface area (Å²) >= 11 is 0. The Kier molecular flexibility index (Phi) is 6.61. The first-order chi connectivity index (χ1) is 6.60. The van der Waals surface area contributed by atoms with E-state index in [9.17, 15) is 10.2 Å². The SMILES string of the molecule is CC#CCCC(O)(CCC)C(O)CC. The molecule has 2 unspecified atom stereocenters. The van der Waals surface area contributed by atoms with E-state index in [1.54, 1.807) is 6.92 Å². The van der Waals surface area contributed by atoms with Crippen LogP contribution in [0.2, 0.25) is 0 Å². The Morgan fingerprint density at radius 1 is 1.29 bits per heavy atom. The maximum absolute atomic E-state index is 10.2. The number of hydrogen-bond acceptors (Lipinski definition) is 2. The molecule has 0 aromatic rings. The fourth-order valence-electron chi connectivity index (χ4n) is 1.68. The fraction of sp³-hybridized carbons (Fsp3) is 0.833. The molecule has 0 saturated carbocycles. The summed E-state index contributed by atoms with van der Waals surface area (Å²) in [6.45, 7) is 5.69. The van der Waals surface area contributed by atoms with Crippen molar-refractivity contribution in [2.75, 3.05) is 0 Å². The number of rotatable bonds is 6. The van der Waals surface area contributed by atoms with Crippen LogP contribution in [-0.4, -0.2) is 21.9 Å². The highest BCUT2D eigenvalue weighted by molar-refractivity contribution is 4.98. The summed E-state index contributed by atoms with van der Waals surface area (Å²) in [6, 6.07) is 0. The van der Waals surface area contributed by atoms with Crippen LogP contribution in [0.15, 0.2) is 0 Å². The normalized spacial score (nSPS) is 16.6. The third-order valence-corrected chi connectivity index (χ3v) is 2.55. The lowest BCUT2D eigenvalue weighted by molar-refractivity contribution is -0.0861. The van der Waals surface area contributed by atoms with Crippen LogP contribution in [0.4, 0.5) is 0 Å². The lowest BCUT2D eigenvalue weighted by Crippen LogP contribution is -2.41. The lowest BCUT2D eigenvalue weighted by Gasteiger charge is -2.31. The van der Waals surface area contributed by atoms with Gasteiger partial charge in [0, 0.05) is 6.42 Å². The summed E-state index contributed by atoms with van der Waals surface area (Å²) < 4.78 is 0. The summed E-state index contributed by atoms with van der Waals surface area (Å²) in [4.78, 5) is 0. The summed E-state index contributed by atoms with van der Waals surface area (Å²) in [6.07, 6.45) is 2.72. The van der Waals surface area contributed by atoms with Crippen LogP contribution < -0.4 is 0 Å². The maximum atomic E-state index is 10.2. The van der Waals surface area contributed by atoms with Gasteiger partial charge in [-0.15, -0.1) is 11.8 Å². The molecule has 2 atom stereocenters. The van der Waals surface area contributed by atoms with Crippen molar-refractivity contribution in [1.82, 2.24) is 0 Å². The van der Waals surface area contributed by atoms with E-state index < -0.39 is 11.7 Å². The van der Waals surface area contributed by atoms with Gasteiger partial charge < -0.3 is 10.2 Å². The van der Waals surface area contributed by atoms with Crippen LogP contribution in [0.1, 0.15) is 52.9 Å². The minimum absolute atomic E-state index is 0.566. The standard InChI is InChI=1S/C12H22O2/c1-4-7-8-10-12(14,9-5-2)11(13)6-3/h11,13-14H,5-6,8-10H2,1-3H3. The Morgan fingerprint density at radius 3 is 2.36 bits per heavy atom. The molecule has 0 rings (SSSR count). The molecule has 2 nitrogen and oxygen atoms in total. The molecule has 2 N–H and O–H groups in total. The molecule has 0 aliphatic carbocycles. The van der Waals surface area contributed by atoms with Gasteiger partial charge in [0.05, 0.1) is 11.7 Å². The molecule has 0 radical (unpaired) electrons. The molecule has 0 aliphatic heterocycles. The summed E-state index contributed by atoms with van der Waals surface area (Å²) in [5.41, 5.74) is -0.937. The third-order valence-electron chi connectivity index (χ3n) is 2.55. The van der Waals surface area contributed by atoms with Gasteiger partial charge >= 0.3 is 0 Å². The van der Waals surface area contributed by atoms with E-state index in [0.29, 0.717) is 25.7 Å². The zero-order valence-electron chi connectivity index (χ0n) is 9.51. The monoisotopic (exact) mass is 198 g/mol. The molecule has 0 heterocycles. The molecule has 0 fully saturated rings. The van der Waals surface area contributed by atoms with Crippen LogP contribution >= 0.6 is 0 Å². The van der Waals surface area contributed by atoms with Gasteiger partial charge in [-0.3, -0.25) is 0 Å². The third kappa shape index (κ3) is 4.13. The summed E-state index contributed by atoms with van der Waals surface area (Å²) in [5, 5.41) is 19.9. The topological polar surface area (TPSA) is 40.5 Å². The van der Waals surface area contributed by atoms with Crippen molar-refractivity contribution >= 4 is 0 Å². The number of aliphatic hydroxyl groups is 2. The quantitative estimate of drug-likeness (QED) is 0.642. The summed E-state index contributed by atoms with van der Waals surface area (Å²) in [7, 11) is 0. The molecule has 0 aliphatic rings. The van der Waals surface area contributed by atoms with Gasteiger partial charge in [0.25, 0.3) is 0 Å². The second-order valence-electron chi connectivity index (χ2n) is 3.70. The Morgan fingerprint density at radius 2 is 1.93 bits per heavy atom. The van der Waals surface area contributed by atoms with Gasteiger partial charge in [-0.1, -0.05) is 20.3 Å². The first kappa shape index (κ1) is 13.5. The molecule has 82 valence electrons. The van der Waals surface area contributed by atoms with Crippen LogP contribution in [0.25, 0.3) is 0 Å². The maximum Gasteiger partial charge on any atom is 0.0914 e. The van der Waals surface area contributed by atoms with Crippen LogP contribution in [0.5, 0.6) is 0 Å². The van der Waals surface area contributed by atoms with Crippen molar-refractivity contribution in [3.8, 4) is 11.8 Å². The number of aliphatic hydroxyl groups excluding tert-OH is 1. The molecule has 2 heteroatoms. The Balaban J connectivity index is 4.27. The molecule has 0 saturated heterocycles. The van der Waals surface area contributed by atoms with E-state index in [-0.39, 0.29) is 0 Å². The first-order valence-electron chi connectivity index (χ1n) is 5.40. The van der Waals surface area contributed by atoms with Gasteiger partial charge in [-0.2, -0.15) is 0 Å². The zero-order chi connectivity index (χ0) is 11.0. The van der Waals surface area contributed by atoms with Crippen LogP contribution in [0, 0.1) is 11.8 Å². The molecule has 0 aromatic carbocycles. The van der Waals surface area contributed by atoms with Gasteiger partial charge in [0.2, 0.25) is 0 Å². The molecule has 14 heavy (non-hydrogen) atoms. The van der Waals surface area contributed by atoms with Crippen LogP contribution in [-0.2, 0) is 0 Å². The minimum atomic E-state index is -0.937. The van der Waals surface area contributed by atoms with Crippen molar-refractivity contribution < 1.29 is 10.2 Å². The molecule has 0 amide bonds. The predicted octanol–water partition coefficient (Wildman–Crippen LogP) is 2.09. The van der Waals surface area contributed by atoms with Crippen LogP contribution in [0.3, 0.4) is 0 Å². The predicted molar refractivity (Wildman–Crippen MR) is 58.8 cm³/mol. The van der Waals surface area contributed by atoms with E-state index >= 15 is 0 Å². The van der Waals surface area contributed by atoms with Gasteiger partial charge in [0.15, 0.2) is 0 Å². The number of hydrogen-bond donors (Lipinski definition) is 2. The highest BCUT2D eigenvalue weighted by Gasteiger charge is 2.32. The second kappa shape index (κ2) is 6.86. The molecule has 0 aromatic heterocycles. The van der Waals surface area contributed by atoms with E-state index in [2.05, 4.69) is 11.8 Å². The van der Waals surface area contributed by atoms with E-state index in [0.717, 1.165) is 6.42 Å². The average molecular weight is 198 g/mol. The summed E-state index contributed by atoms with van der Waals surface area (Å²) in [5.74, 6) is 5.72. The Labute approximate surface area is 87.3 Å². The molecular weight excluding hydrogens is 176 g/mol. The van der Waals surface area contributed by atoms with Crippen molar-refractivity contribution in [3.63, 3.8) is 0 Å². The molecule has 0 bridgehead atoms. The highest BCUT2D eigenvalue weighted by Crippen LogP contribution is 2.25. The highest BCUT2D eigenvalue weighted by atomic mass is 16.3. The minimum Gasteiger partial charge on any atom is -0.390 e. The van der Waals surface area contributed by atoms with E-state index in [1.165, 1.54) is 0 Å². The van der Waals surface area contributed by atoms with Crippen molar-refractivity contribution in [1.29, 1.82) is 0 Å². The van der Waals surface area contributed by atoms with E-state index in [4.69, 9.17) is 0 Å². The van der Waals surface area contributed by atoms with Crippen molar-refractivity contribution in [3.05, 3.63) is 0 Å². The smallest absolute Gasteiger partial charge is 0.0914 e. The first-order valence-corrected chi connectivity index (χ1v) is 5.40. The van der Waals surface area contributed by atoms with Crippen molar-refractivity contribution in [2.24, 2.45) is 0 Å². The molecular formula is C12H22O2. The second-order valence-corrected chi connectivity index (χ2v) is 3.70. The van der Waals surface area contributed by atoms with Gasteiger partial charge in [-0.25, -0.2) is 0 Å².